The second-order valence-electron chi connectivity index (χ2n) is 11.4. The number of ether oxygens (including phenoxy) is 2. The number of unbranched alkanes of at least 4 members (excludes halogenated alkanes) is 7. The minimum absolute atomic E-state index is 0.0905. The van der Waals surface area contributed by atoms with Gasteiger partial charge >= 0.3 is 5.97 Å². The summed E-state index contributed by atoms with van der Waals surface area (Å²) in [4.78, 5) is 12.7. The van der Waals surface area contributed by atoms with Crippen molar-refractivity contribution in [2.45, 2.75) is 136 Å². The lowest BCUT2D eigenvalue weighted by molar-refractivity contribution is 0.0109. The zero-order valence-electron chi connectivity index (χ0n) is 22.8. The Hall–Kier alpha value is -1.51. The zero-order valence-corrected chi connectivity index (χ0v) is 22.8. The van der Waals surface area contributed by atoms with E-state index in [1.165, 1.54) is 96.3 Å². The standard InChI is InChI=1S/C32H52O3/c1-3-5-7-8-9-11-25-34-30-21-19-29(20-22-30)32(33)35-31-23-17-28(18-24-31)27-15-13-26(14-16-27)12-10-6-4-2/h19-22,26-28,31H,3-18,23-25H2,1-2H3. The maximum absolute atomic E-state index is 12.7. The van der Waals surface area contributed by atoms with Gasteiger partial charge in [0.1, 0.15) is 11.9 Å². The van der Waals surface area contributed by atoms with Crippen molar-refractivity contribution in [3.63, 3.8) is 0 Å². The molecule has 3 rings (SSSR count). The molecule has 2 aliphatic rings. The topological polar surface area (TPSA) is 35.5 Å². The fourth-order valence-electron chi connectivity index (χ4n) is 6.29. The van der Waals surface area contributed by atoms with Crippen molar-refractivity contribution in [2.75, 3.05) is 6.61 Å². The summed E-state index contributed by atoms with van der Waals surface area (Å²) in [5.41, 5.74) is 0.639. The lowest BCUT2D eigenvalue weighted by atomic mass is 9.70. The summed E-state index contributed by atoms with van der Waals surface area (Å²) in [6, 6.07) is 7.51. The number of benzene rings is 1. The molecule has 2 saturated carbocycles. The third kappa shape index (κ3) is 10.2. The maximum Gasteiger partial charge on any atom is 0.338 e. The highest BCUT2D eigenvalue weighted by Crippen LogP contribution is 2.41. The molecular weight excluding hydrogens is 432 g/mol. The van der Waals surface area contributed by atoms with E-state index in [2.05, 4.69) is 13.8 Å². The van der Waals surface area contributed by atoms with Crippen molar-refractivity contribution in [1.82, 2.24) is 0 Å². The third-order valence-electron chi connectivity index (χ3n) is 8.62. The van der Waals surface area contributed by atoms with Crippen LogP contribution in [0.25, 0.3) is 0 Å². The molecule has 35 heavy (non-hydrogen) atoms. The number of hydrogen-bond acceptors (Lipinski definition) is 3. The van der Waals surface area contributed by atoms with Crippen LogP contribution in [0.15, 0.2) is 24.3 Å². The van der Waals surface area contributed by atoms with Crippen molar-refractivity contribution in [1.29, 1.82) is 0 Å². The number of rotatable bonds is 15. The van der Waals surface area contributed by atoms with E-state index >= 15 is 0 Å². The van der Waals surface area contributed by atoms with Crippen LogP contribution >= 0.6 is 0 Å². The first kappa shape index (κ1) is 28.1. The van der Waals surface area contributed by atoms with E-state index in [-0.39, 0.29) is 12.1 Å². The van der Waals surface area contributed by atoms with Crippen LogP contribution in [0.2, 0.25) is 0 Å². The van der Waals surface area contributed by atoms with E-state index in [0.717, 1.165) is 49.4 Å². The number of carbonyl (C=O) groups is 1. The Kier molecular flexibility index (Phi) is 13.1. The normalized spacial score (nSPS) is 24.7. The molecule has 3 nitrogen and oxygen atoms in total. The molecule has 2 aliphatic carbocycles. The minimum atomic E-state index is -0.177. The summed E-state index contributed by atoms with van der Waals surface area (Å²) < 4.78 is 11.7. The van der Waals surface area contributed by atoms with Gasteiger partial charge in [0.25, 0.3) is 0 Å². The van der Waals surface area contributed by atoms with E-state index in [4.69, 9.17) is 9.47 Å². The van der Waals surface area contributed by atoms with Crippen LogP contribution in [-0.2, 0) is 4.74 Å². The summed E-state index contributed by atoms with van der Waals surface area (Å²) in [6.07, 6.45) is 23.6. The quantitative estimate of drug-likeness (QED) is 0.184. The zero-order chi connectivity index (χ0) is 24.7. The van der Waals surface area contributed by atoms with Gasteiger partial charge in [-0.2, -0.15) is 0 Å². The lowest BCUT2D eigenvalue weighted by Gasteiger charge is -2.37. The van der Waals surface area contributed by atoms with Gasteiger partial charge in [-0.3, -0.25) is 0 Å². The number of carbonyl (C=O) groups excluding carboxylic acids is 1. The van der Waals surface area contributed by atoms with E-state index in [1.807, 2.05) is 24.3 Å². The fourth-order valence-corrected chi connectivity index (χ4v) is 6.29. The van der Waals surface area contributed by atoms with E-state index in [9.17, 15) is 4.79 Å². The predicted octanol–water partition coefficient (Wildman–Crippen LogP) is 9.53. The van der Waals surface area contributed by atoms with Crippen molar-refractivity contribution in [2.24, 2.45) is 17.8 Å². The molecule has 0 radical (unpaired) electrons. The van der Waals surface area contributed by atoms with Gasteiger partial charge in [0, 0.05) is 0 Å². The predicted molar refractivity (Wildman–Crippen MR) is 146 cm³/mol. The monoisotopic (exact) mass is 484 g/mol. The largest absolute Gasteiger partial charge is 0.494 e. The first-order chi connectivity index (χ1) is 17.2. The SMILES string of the molecule is CCCCCCCCOc1ccc(C(=O)OC2CCC(C3CCC(CCCCC)CC3)CC2)cc1. The molecule has 198 valence electrons. The molecule has 0 aromatic heterocycles. The van der Waals surface area contributed by atoms with E-state index < -0.39 is 0 Å². The molecule has 1 aromatic carbocycles. The Morgan fingerprint density at radius 2 is 1.29 bits per heavy atom. The minimum Gasteiger partial charge on any atom is -0.494 e. The molecule has 0 N–H and O–H groups in total. The molecule has 1 aromatic rings. The second-order valence-corrected chi connectivity index (χ2v) is 11.4. The average Bonchev–Trinajstić information content (AvgIpc) is 2.89. The van der Waals surface area contributed by atoms with Gasteiger partial charge < -0.3 is 9.47 Å². The molecule has 0 amide bonds. The van der Waals surface area contributed by atoms with Crippen LogP contribution in [-0.4, -0.2) is 18.7 Å². The third-order valence-corrected chi connectivity index (χ3v) is 8.62. The van der Waals surface area contributed by atoms with Gasteiger partial charge in [0.15, 0.2) is 0 Å². The molecular formula is C32H52O3. The first-order valence-corrected chi connectivity index (χ1v) is 15.1. The second kappa shape index (κ2) is 16.3. The Morgan fingerprint density at radius 1 is 0.714 bits per heavy atom. The Bertz CT molecular complexity index is 681. The van der Waals surface area contributed by atoms with Crippen LogP contribution in [0.4, 0.5) is 0 Å². The van der Waals surface area contributed by atoms with Crippen LogP contribution in [0.5, 0.6) is 5.75 Å². The molecule has 0 atom stereocenters. The van der Waals surface area contributed by atoms with Crippen molar-refractivity contribution < 1.29 is 14.3 Å². The van der Waals surface area contributed by atoms with Crippen LogP contribution in [0, 0.1) is 17.8 Å². The summed E-state index contributed by atoms with van der Waals surface area (Å²) in [7, 11) is 0. The molecule has 0 saturated heterocycles. The van der Waals surface area contributed by atoms with Gasteiger partial charge in [0.05, 0.1) is 12.2 Å². The van der Waals surface area contributed by atoms with Crippen molar-refractivity contribution >= 4 is 5.97 Å². The van der Waals surface area contributed by atoms with Gasteiger partial charge in [-0.25, -0.2) is 4.79 Å². The molecule has 0 heterocycles. The van der Waals surface area contributed by atoms with E-state index in [0.29, 0.717) is 5.56 Å². The molecule has 2 fully saturated rings. The molecule has 0 unspecified atom stereocenters. The molecule has 0 spiro atoms. The highest BCUT2D eigenvalue weighted by molar-refractivity contribution is 5.89. The Balaban J connectivity index is 1.29. The van der Waals surface area contributed by atoms with Gasteiger partial charge in [-0.05, 0) is 87.0 Å². The maximum atomic E-state index is 12.7. The van der Waals surface area contributed by atoms with E-state index in [1.54, 1.807) is 0 Å². The summed E-state index contributed by atoms with van der Waals surface area (Å²) in [6.45, 7) is 5.29. The first-order valence-electron chi connectivity index (χ1n) is 15.1. The highest BCUT2D eigenvalue weighted by Gasteiger charge is 2.32. The van der Waals surface area contributed by atoms with Crippen LogP contribution < -0.4 is 4.74 Å². The van der Waals surface area contributed by atoms with Crippen LogP contribution in [0.1, 0.15) is 140 Å². The molecule has 3 heteroatoms. The van der Waals surface area contributed by atoms with Gasteiger partial charge in [-0.1, -0.05) is 84.5 Å². The fraction of sp³-hybridized carbons (Fsp3) is 0.781. The number of hydrogen-bond donors (Lipinski definition) is 0. The summed E-state index contributed by atoms with van der Waals surface area (Å²) in [5.74, 6) is 3.42. The molecule has 0 bridgehead atoms. The Labute approximate surface area is 215 Å². The highest BCUT2D eigenvalue weighted by atomic mass is 16.5. The van der Waals surface area contributed by atoms with Crippen molar-refractivity contribution in [3.05, 3.63) is 29.8 Å². The lowest BCUT2D eigenvalue weighted by Crippen LogP contribution is -2.29. The molecule has 0 aliphatic heterocycles. The van der Waals surface area contributed by atoms with Crippen LogP contribution in [0.3, 0.4) is 0 Å². The average molecular weight is 485 g/mol. The summed E-state index contributed by atoms with van der Waals surface area (Å²) >= 11 is 0. The number of esters is 1. The van der Waals surface area contributed by atoms with Gasteiger partial charge in [-0.15, -0.1) is 0 Å². The van der Waals surface area contributed by atoms with Crippen molar-refractivity contribution in [3.8, 4) is 5.75 Å². The summed E-state index contributed by atoms with van der Waals surface area (Å²) in [5, 5.41) is 0. The Morgan fingerprint density at radius 3 is 1.94 bits per heavy atom. The van der Waals surface area contributed by atoms with Gasteiger partial charge in [0.2, 0.25) is 0 Å². The smallest absolute Gasteiger partial charge is 0.338 e.